The van der Waals surface area contributed by atoms with Crippen LogP contribution in [0.25, 0.3) is 0 Å². The predicted octanol–water partition coefficient (Wildman–Crippen LogP) is 0.939. The van der Waals surface area contributed by atoms with Crippen molar-refractivity contribution in [3.8, 4) is 0 Å². The van der Waals surface area contributed by atoms with Gasteiger partial charge in [0.1, 0.15) is 0 Å². The Morgan fingerprint density at radius 1 is 1.25 bits per heavy atom. The molecule has 1 aromatic rings. The Morgan fingerprint density at radius 2 is 2.00 bits per heavy atom. The molecule has 3 rings (SSSR count). The van der Waals surface area contributed by atoms with E-state index in [2.05, 4.69) is 52.4 Å². The second-order valence-corrected chi connectivity index (χ2v) is 5.96. The summed E-state index contributed by atoms with van der Waals surface area (Å²) in [6.45, 7) is 7.68. The molecule has 1 N–H and O–H groups in total. The van der Waals surface area contributed by atoms with E-state index in [1.807, 2.05) is 0 Å². The van der Waals surface area contributed by atoms with Gasteiger partial charge >= 0.3 is 0 Å². The second-order valence-electron chi connectivity index (χ2n) is 5.96. The number of hydrogen-bond acceptors (Lipinski definition) is 3. The Labute approximate surface area is 120 Å². The zero-order chi connectivity index (χ0) is 13.9. The lowest BCUT2D eigenvalue weighted by molar-refractivity contribution is -0.141. The van der Waals surface area contributed by atoms with Crippen LogP contribution in [0.15, 0.2) is 30.3 Å². The van der Waals surface area contributed by atoms with Crippen molar-refractivity contribution in [2.24, 2.45) is 5.92 Å². The van der Waals surface area contributed by atoms with Crippen molar-refractivity contribution in [1.29, 1.82) is 0 Å². The van der Waals surface area contributed by atoms with Crippen LogP contribution < -0.4 is 5.32 Å². The van der Waals surface area contributed by atoms with Gasteiger partial charge in [-0.05, 0) is 12.5 Å². The molecule has 1 unspecified atom stereocenters. The van der Waals surface area contributed by atoms with Crippen LogP contribution in [0.1, 0.15) is 12.5 Å². The van der Waals surface area contributed by atoms with Gasteiger partial charge in [-0.25, -0.2) is 0 Å². The third-order valence-electron chi connectivity index (χ3n) is 4.37. The first-order valence-electron chi connectivity index (χ1n) is 7.51. The fraction of sp³-hybridized carbons (Fsp3) is 0.562. The van der Waals surface area contributed by atoms with Crippen molar-refractivity contribution in [2.75, 3.05) is 32.7 Å². The molecule has 1 aromatic carbocycles. The van der Waals surface area contributed by atoms with Crippen LogP contribution in [-0.2, 0) is 11.3 Å². The molecule has 2 aliphatic heterocycles. The van der Waals surface area contributed by atoms with Crippen LogP contribution in [-0.4, -0.2) is 54.5 Å². The molecule has 4 nitrogen and oxygen atoms in total. The van der Waals surface area contributed by atoms with Crippen LogP contribution in [0.4, 0.5) is 0 Å². The van der Waals surface area contributed by atoms with Crippen molar-refractivity contribution in [1.82, 2.24) is 15.1 Å². The average molecular weight is 273 g/mol. The molecular weight excluding hydrogens is 250 g/mol. The Kier molecular flexibility index (Phi) is 4.03. The maximum Gasteiger partial charge on any atom is 0.228 e. The topological polar surface area (TPSA) is 35.6 Å². The second kappa shape index (κ2) is 5.94. The Morgan fingerprint density at radius 3 is 2.60 bits per heavy atom. The lowest BCUT2D eigenvalue weighted by Gasteiger charge is -2.42. The molecule has 1 amide bonds. The van der Waals surface area contributed by atoms with Crippen LogP contribution in [0.2, 0.25) is 0 Å². The van der Waals surface area contributed by atoms with Crippen molar-refractivity contribution >= 4 is 5.91 Å². The van der Waals surface area contributed by atoms with Gasteiger partial charge in [0.2, 0.25) is 5.91 Å². The first-order chi connectivity index (χ1) is 9.74. The molecule has 0 aromatic heterocycles. The highest BCUT2D eigenvalue weighted by Crippen LogP contribution is 2.17. The van der Waals surface area contributed by atoms with E-state index in [1.54, 1.807) is 0 Å². The van der Waals surface area contributed by atoms with Gasteiger partial charge in [0, 0.05) is 45.3 Å². The molecule has 2 saturated heterocycles. The molecule has 2 aliphatic rings. The molecule has 108 valence electrons. The predicted molar refractivity (Wildman–Crippen MR) is 79.3 cm³/mol. The minimum Gasteiger partial charge on any atom is -0.337 e. The number of rotatable bonds is 3. The molecule has 4 heteroatoms. The summed E-state index contributed by atoms with van der Waals surface area (Å²) in [5.74, 6) is 0.564. The number of benzene rings is 1. The maximum absolute atomic E-state index is 12.3. The zero-order valence-corrected chi connectivity index (χ0v) is 12.1. The van der Waals surface area contributed by atoms with Crippen LogP contribution in [0.3, 0.4) is 0 Å². The summed E-state index contributed by atoms with van der Waals surface area (Å²) in [6, 6.07) is 10.9. The molecule has 2 fully saturated rings. The molecule has 1 atom stereocenters. The minimum absolute atomic E-state index is 0.220. The summed E-state index contributed by atoms with van der Waals surface area (Å²) in [5.41, 5.74) is 1.35. The van der Waals surface area contributed by atoms with Crippen molar-refractivity contribution in [3.05, 3.63) is 35.9 Å². The van der Waals surface area contributed by atoms with E-state index in [1.165, 1.54) is 5.56 Å². The zero-order valence-electron chi connectivity index (χ0n) is 12.1. The van der Waals surface area contributed by atoms with Gasteiger partial charge < -0.3 is 10.2 Å². The first kappa shape index (κ1) is 13.6. The number of carbonyl (C=O) groups is 1. The summed E-state index contributed by atoms with van der Waals surface area (Å²) >= 11 is 0. The lowest BCUT2D eigenvalue weighted by Crippen LogP contribution is -2.59. The van der Waals surface area contributed by atoms with Crippen LogP contribution >= 0.6 is 0 Å². The molecule has 0 bridgehead atoms. The van der Waals surface area contributed by atoms with Gasteiger partial charge in [-0.3, -0.25) is 9.69 Å². The van der Waals surface area contributed by atoms with Crippen LogP contribution in [0, 0.1) is 5.92 Å². The first-order valence-corrected chi connectivity index (χ1v) is 7.51. The Balaban J connectivity index is 1.55. The highest BCUT2D eigenvalue weighted by atomic mass is 16.2. The van der Waals surface area contributed by atoms with E-state index < -0.39 is 0 Å². The summed E-state index contributed by atoms with van der Waals surface area (Å²) in [5, 5.41) is 3.18. The van der Waals surface area contributed by atoms with Gasteiger partial charge in [0.15, 0.2) is 0 Å². The number of piperazine rings is 1. The van der Waals surface area contributed by atoms with E-state index in [0.717, 1.165) is 39.3 Å². The Bertz CT molecular complexity index is 458. The van der Waals surface area contributed by atoms with Crippen molar-refractivity contribution < 1.29 is 4.79 Å². The summed E-state index contributed by atoms with van der Waals surface area (Å²) in [4.78, 5) is 16.8. The SMILES string of the molecule is CC1CN(Cc2ccccc2)CCN1C(=O)C1CNC1. The van der Waals surface area contributed by atoms with Gasteiger partial charge in [0.05, 0.1) is 5.92 Å². The molecule has 0 radical (unpaired) electrons. The average Bonchev–Trinajstić information content (AvgIpc) is 2.38. The number of hydrogen-bond donors (Lipinski definition) is 1. The minimum atomic E-state index is 0.220. The lowest BCUT2D eigenvalue weighted by atomic mass is 10.00. The number of nitrogens with one attached hydrogen (secondary N) is 1. The molecule has 2 heterocycles. The Hall–Kier alpha value is -1.39. The summed E-state index contributed by atoms with van der Waals surface area (Å²) in [6.07, 6.45) is 0. The third kappa shape index (κ3) is 2.86. The van der Waals surface area contributed by atoms with Crippen molar-refractivity contribution in [2.45, 2.75) is 19.5 Å². The quantitative estimate of drug-likeness (QED) is 0.890. The summed E-state index contributed by atoms with van der Waals surface area (Å²) < 4.78 is 0. The molecule has 0 saturated carbocycles. The fourth-order valence-corrected chi connectivity index (χ4v) is 3.04. The normalized spacial score (nSPS) is 24.4. The third-order valence-corrected chi connectivity index (χ3v) is 4.37. The van der Waals surface area contributed by atoms with Gasteiger partial charge in [-0.1, -0.05) is 30.3 Å². The maximum atomic E-state index is 12.3. The number of amides is 1. The van der Waals surface area contributed by atoms with Gasteiger partial charge in [0.25, 0.3) is 0 Å². The van der Waals surface area contributed by atoms with E-state index >= 15 is 0 Å². The standard InChI is InChI=1S/C16H23N3O/c1-13-11-18(12-14-5-3-2-4-6-14)7-8-19(13)16(20)15-9-17-10-15/h2-6,13,15,17H,7-12H2,1H3. The molecule has 20 heavy (non-hydrogen) atoms. The summed E-state index contributed by atoms with van der Waals surface area (Å²) in [7, 11) is 0. The van der Waals surface area contributed by atoms with E-state index in [0.29, 0.717) is 11.9 Å². The van der Waals surface area contributed by atoms with E-state index in [4.69, 9.17) is 0 Å². The van der Waals surface area contributed by atoms with Crippen molar-refractivity contribution in [3.63, 3.8) is 0 Å². The van der Waals surface area contributed by atoms with E-state index in [-0.39, 0.29) is 5.92 Å². The monoisotopic (exact) mass is 273 g/mol. The number of carbonyl (C=O) groups excluding carboxylic acids is 1. The molecular formula is C16H23N3O. The smallest absolute Gasteiger partial charge is 0.228 e. The highest BCUT2D eigenvalue weighted by Gasteiger charge is 2.34. The largest absolute Gasteiger partial charge is 0.337 e. The highest BCUT2D eigenvalue weighted by molar-refractivity contribution is 5.80. The van der Waals surface area contributed by atoms with Crippen LogP contribution in [0.5, 0.6) is 0 Å². The fourth-order valence-electron chi connectivity index (χ4n) is 3.04. The number of nitrogens with zero attached hydrogens (tertiary/aromatic N) is 2. The molecule has 0 spiro atoms. The van der Waals surface area contributed by atoms with Gasteiger partial charge in [-0.2, -0.15) is 0 Å². The van der Waals surface area contributed by atoms with E-state index in [9.17, 15) is 4.79 Å². The van der Waals surface area contributed by atoms with Gasteiger partial charge in [-0.15, -0.1) is 0 Å². The molecule has 0 aliphatic carbocycles.